The summed E-state index contributed by atoms with van der Waals surface area (Å²) in [7, 11) is 0. The Bertz CT molecular complexity index is 599. The maximum Gasteiger partial charge on any atom is 0.147 e. The van der Waals surface area contributed by atoms with E-state index in [-0.39, 0.29) is 5.41 Å². The first kappa shape index (κ1) is 14.0. The molecule has 4 heteroatoms. The molecular formula is C16H16BrClN2. The molecule has 3 rings (SSSR count). The van der Waals surface area contributed by atoms with E-state index in [0.717, 1.165) is 28.8 Å². The molecule has 104 valence electrons. The van der Waals surface area contributed by atoms with Gasteiger partial charge in [-0.15, -0.1) is 0 Å². The molecule has 1 aromatic carbocycles. The summed E-state index contributed by atoms with van der Waals surface area (Å²) in [5.74, 6) is 0.868. The van der Waals surface area contributed by atoms with E-state index in [1.807, 2.05) is 13.0 Å². The van der Waals surface area contributed by atoms with Crippen LogP contribution in [0.5, 0.6) is 0 Å². The highest BCUT2D eigenvalue weighted by Crippen LogP contribution is 2.45. The molecule has 2 nitrogen and oxygen atoms in total. The largest absolute Gasteiger partial charge is 0.236 e. The molecule has 0 bridgehead atoms. The second kappa shape index (κ2) is 5.45. The maximum atomic E-state index is 6.25. The molecule has 1 aliphatic rings. The lowest BCUT2D eigenvalue weighted by atomic mass is 9.78. The zero-order valence-corrected chi connectivity index (χ0v) is 13.7. The van der Waals surface area contributed by atoms with Crippen molar-refractivity contribution in [2.75, 3.05) is 0 Å². The molecule has 0 atom stereocenters. The first-order valence-corrected chi connectivity index (χ1v) is 8.06. The molecule has 1 heterocycles. The Labute approximate surface area is 132 Å². The Morgan fingerprint density at radius 3 is 2.35 bits per heavy atom. The van der Waals surface area contributed by atoms with E-state index in [4.69, 9.17) is 16.6 Å². The third-order valence-electron chi connectivity index (χ3n) is 4.19. The van der Waals surface area contributed by atoms with Crippen LogP contribution in [-0.2, 0) is 5.41 Å². The fourth-order valence-corrected chi connectivity index (χ4v) is 3.51. The zero-order chi connectivity index (χ0) is 14.2. The van der Waals surface area contributed by atoms with Crippen LogP contribution in [0.15, 0.2) is 34.8 Å². The van der Waals surface area contributed by atoms with Gasteiger partial charge in [-0.25, -0.2) is 9.97 Å². The van der Waals surface area contributed by atoms with Crippen LogP contribution in [0.3, 0.4) is 0 Å². The van der Waals surface area contributed by atoms with Crippen molar-refractivity contribution in [1.82, 2.24) is 9.97 Å². The van der Waals surface area contributed by atoms with Crippen molar-refractivity contribution in [3.63, 3.8) is 0 Å². The van der Waals surface area contributed by atoms with Gasteiger partial charge in [-0.3, -0.25) is 0 Å². The summed E-state index contributed by atoms with van der Waals surface area (Å²) in [6.07, 6.45) is 4.61. The van der Waals surface area contributed by atoms with Crippen LogP contribution in [0, 0.1) is 6.92 Å². The number of aromatic nitrogens is 2. The Morgan fingerprint density at radius 1 is 1.10 bits per heavy atom. The minimum absolute atomic E-state index is 0.0731. The van der Waals surface area contributed by atoms with Crippen LogP contribution in [0.1, 0.15) is 42.8 Å². The van der Waals surface area contributed by atoms with Crippen molar-refractivity contribution in [1.29, 1.82) is 0 Å². The molecular weight excluding hydrogens is 336 g/mol. The quantitative estimate of drug-likeness (QED) is 0.707. The lowest BCUT2D eigenvalue weighted by Gasteiger charge is -2.28. The SMILES string of the molecule is Cc1nc(C2(c3ccccc3)CCCC2)nc(Cl)c1Br. The average Bonchev–Trinajstić information content (AvgIpc) is 2.96. The lowest BCUT2D eigenvalue weighted by molar-refractivity contribution is 0.497. The van der Waals surface area contributed by atoms with Crippen LogP contribution in [0.25, 0.3) is 0 Å². The van der Waals surface area contributed by atoms with Crippen LogP contribution in [-0.4, -0.2) is 9.97 Å². The van der Waals surface area contributed by atoms with Gasteiger partial charge in [0.1, 0.15) is 11.0 Å². The molecule has 0 amide bonds. The Hall–Kier alpha value is -0.930. The number of aryl methyl sites for hydroxylation is 1. The summed E-state index contributed by atoms with van der Waals surface area (Å²) in [6.45, 7) is 1.97. The van der Waals surface area contributed by atoms with Gasteiger partial charge in [0.05, 0.1) is 15.6 Å². The summed E-state index contributed by atoms with van der Waals surface area (Å²) in [5.41, 5.74) is 2.13. The monoisotopic (exact) mass is 350 g/mol. The highest BCUT2D eigenvalue weighted by atomic mass is 79.9. The second-order valence-electron chi connectivity index (χ2n) is 5.39. The topological polar surface area (TPSA) is 25.8 Å². The molecule has 1 fully saturated rings. The minimum Gasteiger partial charge on any atom is -0.236 e. The number of hydrogen-bond acceptors (Lipinski definition) is 2. The van der Waals surface area contributed by atoms with E-state index >= 15 is 0 Å². The Kier molecular flexibility index (Phi) is 3.83. The second-order valence-corrected chi connectivity index (χ2v) is 6.54. The summed E-state index contributed by atoms with van der Waals surface area (Å²) < 4.78 is 0.795. The summed E-state index contributed by atoms with van der Waals surface area (Å²) in [5, 5.41) is 0.509. The highest BCUT2D eigenvalue weighted by molar-refractivity contribution is 9.10. The molecule has 0 spiro atoms. The van der Waals surface area contributed by atoms with Gasteiger partial charge in [0.25, 0.3) is 0 Å². The van der Waals surface area contributed by atoms with E-state index < -0.39 is 0 Å². The van der Waals surface area contributed by atoms with Crippen molar-refractivity contribution in [2.24, 2.45) is 0 Å². The number of hydrogen-bond donors (Lipinski definition) is 0. The first-order chi connectivity index (χ1) is 9.63. The number of benzene rings is 1. The normalized spacial score (nSPS) is 17.4. The Balaban J connectivity index is 2.17. The number of halogens is 2. The molecule has 2 aromatic rings. The Morgan fingerprint density at radius 2 is 1.75 bits per heavy atom. The molecule has 0 unspecified atom stereocenters. The van der Waals surface area contributed by atoms with Crippen LogP contribution >= 0.6 is 27.5 Å². The van der Waals surface area contributed by atoms with Crippen molar-refractivity contribution < 1.29 is 0 Å². The molecule has 0 radical (unpaired) electrons. The fraction of sp³-hybridized carbons (Fsp3) is 0.375. The third-order valence-corrected chi connectivity index (χ3v) is 5.64. The third kappa shape index (κ3) is 2.27. The van der Waals surface area contributed by atoms with Crippen molar-refractivity contribution in [3.8, 4) is 0 Å². The van der Waals surface area contributed by atoms with Gasteiger partial charge >= 0.3 is 0 Å². The van der Waals surface area contributed by atoms with Crippen molar-refractivity contribution in [3.05, 3.63) is 57.0 Å². The van der Waals surface area contributed by atoms with E-state index in [0.29, 0.717) is 5.15 Å². The first-order valence-electron chi connectivity index (χ1n) is 6.89. The van der Waals surface area contributed by atoms with Gasteiger partial charge in [0.15, 0.2) is 0 Å². The van der Waals surface area contributed by atoms with E-state index in [9.17, 15) is 0 Å². The van der Waals surface area contributed by atoms with Gasteiger partial charge < -0.3 is 0 Å². The predicted octanol–water partition coefficient (Wildman–Crippen LogP) is 5.06. The van der Waals surface area contributed by atoms with E-state index in [2.05, 4.69) is 45.2 Å². The average molecular weight is 352 g/mol. The fourth-order valence-electron chi connectivity index (χ4n) is 3.12. The standard InChI is InChI=1S/C16H16BrClN2/c1-11-13(17)14(18)20-15(19-11)16(9-5-6-10-16)12-7-3-2-4-8-12/h2-4,7-8H,5-6,9-10H2,1H3. The van der Waals surface area contributed by atoms with Gasteiger partial charge in [-0.05, 0) is 41.3 Å². The molecule has 1 aromatic heterocycles. The van der Waals surface area contributed by atoms with Gasteiger partial charge in [0, 0.05) is 0 Å². The highest BCUT2D eigenvalue weighted by Gasteiger charge is 2.40. The summed E-state index contributed by atoms with van der Waals surface area (Å²) >= 11 is 9.69. The molecule has 1 saturated carbocycles. The molecule has 0 aliphatic heterocycles. The minimum atomic E-state index is -0.0731. The zero-order valence-electron chi connectivity index (χ0n) is 11.4. The predicted molar refractivity (Wildman–Crippen MR) is 85.2 cm³/mol. The van der Waals surface area contributed by atoms with Crippen molar-refractivity contribution in [2.45, 2.75) is 38.0 Å². The van der Waals surface area contributed by atoms with Crippen LogP contribution in [0.4, 0.5) is 0 Å². The van der Waals surface area contributed by atoms with Gasteiger partial charge in [-0.1, -0.05) is 54.8 Å². The number of rotatable bonds is 2. The van der Waals surface area contributed by atoms with E-state index in [1.54, 1.807) is 0 Å². The summed E-state index contributed by atoms with van der Waals surface area (Å²) in [4.78, 5) is 9.29. The molecule has 0 N–H and O–H groups in total. The van der Waals surface area contributed by atoms with Gasteiger partial charge in [0.2, 0.25) is 0 Å². The van der Waals surface area contributed by atoms with Crippen molar-refractivity contribution >= 4 is 27.5 Å². The molecule has 20 heavy (non-hydrogen) atoms. The lowest BCUT2D eigenvalue weighted by Crippen LogP contribution is -2.27. The maximum absolute atomic E-state index is 6.25. The van der Waals surface area contributed by atoms with Gasteiger partial charge in [-0.2, -0.15) is 0 Å². The molecule has 0 saturated heterocycles. The number of nitrogens with zero attached hydrogens (tertiary/aromatic N) is 2. The molecule has 1 aliphatic carbocycles. The van der Waals surface area contributed by atoms with Crippen LogP contribution in [0.2, 0.25) is 5.15 Å². The van der Waals surface area contributed by atoms with E-state index in [1.165, 1.54) is 18.4 Å². The summed E-state index contributed by atoms with van der Waals surface area (Å²) in [6, 6.07) is 10.6. The smallest absolute Gasteiger partial charge is 0.147 e. The van der Waals surface area contributed by atoms with Crippen LogP contribution < -0.4 is 0 Å².